The number of hydrogen-bond donors (Lipinski definition) is 0. The molecule has 0 saturated heterocycles. The third kappa shape index (κ3) is 2.99. The summed E-state index contributed by atoms with van der Waals surface area (Å²) in [5, 5.41) is 4.25. The van der Waals surface area contributed by atoms with Crippen LogP contribution in [-0.4, -0.2) is 31.7 Å². The predicted octanol–water partition coefficient (Wildman–Crippen LogP) is 0.518. The Balaban J connectivity index is 3.17. The average molecular weight is 115 g/mol. The van der Waals surface area contributed by atoms with Gasteiger partial charge in [-0.1, -0.05) is 6.92 Å². The molecule has 0 amide bonds. The zero-order chi connectivity index (χ0) is 6.57. The predicted molar refractivity (Wildman–Crippen MR) is 35.8 cm³/mol. The van der Waals surface area contributed by atoms with Crippen molar-refractivity contribution < 1.29 is 0 Å². The number of rotatable bonds is 3. The van der Waals surface area contributed by atoms with E-state index in [1.165, 1.54) is 0 Å². The largest absolute Gasteiger partial charge is 0.293 e. The van der Waals surface area contributed by atoms with E-state index < -0.39 is 0 Å². The zero-order valence-corrected chi connectivity index (χ0v) is 6.18. The van der Waals surface area contributed by atoms with Crippen LogP contribution in [0.2, 0.25) is 0 Å². The zero-order valence-electron chi connectivity index (χ0n) is 6.18. The molecule has 0 spiro atoms. The minimum Gasteiger partial charge on any atom is -0.293 e. The molecule has 0 aliphatic heterocycles. The molecule has 2 nitrogen and oxygen atoms in total. The fourth-order valence-corrected chi connectivity index (χ4v) is 0.428. The maximum Gasteiger partial charge on any atom is 0.0727 e. The van der Waals surface area contributed by atoms with Crippen molar-refractivity contribution in [3.63, 3.8) is 0 Å². The summed E-state index contributed by atoms with van der Waals surface area (Å²) in [6.45, 7) is 5.06. The molecule has 49 valence electrons. The SMILES string of the molecule is CC[N]C(C)N(C)C. The molecule has 0 fully saturated rings. The van der Waals surface area contributed by atoms with Gasteiger partial charge in [0.2, 0.25) is 0 Å². The van der Waals surface area contributed by atoms with E-state index in [2.05, 4.69) is 24.1 Å². The fourth-order valence-electron chi connectivity index (χ4n) is 0.428. The van der Waals surface area contributed by atoms with Crippen LogP contribution in [-0.2, 0) is 0 Å². The molecule has 8 heavy (non-hydrogen) atoms. The van der Waals surface area contributed by atoms with Crippen LogP contribution in [0.3, 0.4) is 0 Å². The quantitative estimate of drug-likeness (QED) is 0.524. The molecule has 0 aliphatic carbocycles. The van der Waals surface area contributed by atoms with Gasteiger partial charge < -0.3 is 0 Å². The van der Waals surface area contributed by atoms with E-state index in [0.717, 1.165) is 6.54 Å². The van der Waals surface area contributed by atoms with Gasteiger partial charge in [0.05, 0.1) is 6.17 Å². The van der Waals surface area contributed by atoms with E-state index in [1.807, 2.05) is 14.1 Å². The molecule has 0 saturated carbocycles. The van der Waals surface area contributed by atoms with Gasteiger partial charge in [0, 0.05) is 6.54 Å². The maximum atomic E-state index is 4.25. The maximum absolute atomic E-state index is 4.25. The first-order valence-electron chi connectivity index (χ1n) is 3.01. The summed E-state index contributed by atoms with van der Waals surface area (Å²) in [5.74, 6) is 0. The van der Waals surface area contributed by atoms with Gasteiger partial charge in [-0.05, 0) is 21.0 Å². The van der Waals surface area contributed by atoms with Crippen LogP contribution >= 0.6 is 0 Å². The Morgan fingerprint density at radius 3 is 2.12 bits per heavy atom. The molecule has 0 heterocycles. The van der Waals surface area contributed by atoms with Gasteiger partial charge in [0.1, 0.15) is 0 Å². The highest BCUT2D eigenvalue weighted by Gasteiger charge is 2.00. The Hall–Kier alpha value is -0.0800. The number of nitrogens with zero attached hydrogens (tertiary/aromatic N) is 2. The van der Waals surface area contributed by atoms with Crippen LogP contribution < -0.4 is 5.32 Å². The van der Waals surface area contributed by atoms with Crippen molar-refractivity contribution in [2.24, 2.45) is 0 Å². The van der Waals surface area contributed by atoms with Gasteiger partial charge in [-0.15, -0.1) is 0 Å². The molecule has 1 radical (unpaired) electrons. The first kappa shape index (κ1) is 7.92. The van der Waals surface area contributed by atoms with Gasteiger partial charge >= 0.3 is 0 Å². The molecule has 2 heteroatoms. The lowest BCUT2D eigenvalue weighted by atomic mass is 10.5. The second-order valence-corrected chi connectivity index (χ2v) is 2.09. The second-order valence-electron chi connectivity index (χ2n) is 2.09. The summed E-state index contributed by atoms with van der Waals surface area (Å²) in [6, 6.07) is 0. The van der Waals surface area contributed by atoms with Crippen molar-refractivity contribution in [2.45, 2.75) is 20.0 Å². The normalized spacial score (nSPS) is 14.6. The highest BCUT2D eigenvalue weighted by atomic mass is 15.2. The highest BCUT2D eigenvalue weighted by Crippen LogP contribution is 1.85. The van der Waals surface area contributed by atoms with Crippen molar-refractivity contribution >= 4 is 0 Å². The fraction of sp³-hybridized carbons (Fsp3) is 1.00. The molecular weight excluding hydrogens is 100 g/mol. The smallest absolute Gasteiger partial charge is 0.0727 e. The average Bonchev–Trinajstić information content (AvgIpc) is 1.67. The van der Waals surface area contributed by atoms with Crippen molar-refractivity contribution in [3.8, 4) is 0 Å². The third-order valence-corrected chi connectivity index (χ3v) is 1.19. The summed E-state index contributed by atoms with van der Waals surface area (Å²) < 4.78 is 0. The highest BCUT2D eigenvalue weighted by molar-refractivity contribution is 4.52. The van der Waals surface area contributed by atoms with Gasteiger partial charge in [-0.25, -0.2) is 5.32 Å². The molecule has 0 rings (SSSR count). The van der Waals surface area contributed by atoms with Crippen molar-refractivity contribution in [2.75, 3.05) is 20.6 Å². The first-order valence-corrected chi connectivity index (χ1v) is 3.01. The topological polar surface area (TPSA) is 17.3 Å². The van der Waals surface area contributed by atoms with Crippen LogP contribution in [0, 0.1) is 0 Å². The number of hydrogen-bond acceptors (Lipinski definition) is 1. The van der Waals surface area contributed by atoms with Crippen LogP contribution in [0.15, 0.2) is 0 Å². The van der Waals surface area contributed by atoms with Crippen LogP contribution in [0.5, 0.6) is 0 Å². The Labute approximate surface area is 51.9 Å². The molecule has 1 atom stereocenters. The van der Waals surface area contributed by atoms with E-state index >= 15 is 0 Å². The van der Waals surface area contributed by atoms with E-state index in [0.29, 0.717) is 6.17 Å². The van der Waals surface area contributed by atoms with E-state index in [-0.39, 0.29) is 0 Å². The molecule has 0 bridgehead atoms. The Morgan fingerprint density at radius 2 is 2.00 bits per heavy atom. The first-order chi connectivity index (χ1) is 3.68. The van der Waals surface area contributed by atoms with Crippen molar-refractivity contribution in [1.29, 1.82) is 0 Å². The minimum absolute atomic E-state index is 0.375. The molecule has 0 aromatic rings. The molecule has 0 aliphatic rings. The summed E-state index contributed by atoms with van der Waals surface area (Å²) in [4.78, 5) is 2.09. The lowest BCUT2D eigenvalue weighted by Gasteiger charge is -2.17. The summed E-state index contributed by atoms with van der Waals surface area (Å²) in [6.07, 6.45) is 0.375. The second kappa shape index (κ2) is 3.87. The Kier molecular flexibility index (Phi) is 3.83. The lowest BCUT2D eigenvalue weighted by molar-refractivity contribution is 0.265. The molecular formula is C6H15N2. The van der Waals surface area contributed by atoms with E-state index in [1.54, 1.807) is 0 Å². The molecule has 0 N–H and O–H groups in total. The minimum atomic E-state index is 0.375. The third-order valence-electron chi connectivity index (χ3n) is 1.19. The van der Waals surface area contributed by atoms with Gasteiger partial charge in [-0.3, -0.25) is 4.90 Å². The van der Waals surface area contributed by atoms with Gasteiger partial charge in [0.15, 0.2) is 0 Å². The lowest BCUT2D eigenvalue weighted by Crippen LogP contribution is -2.33. The molecule has 0 aromatic carbocycles. The monoisotopic (exact) mass is 115 g/mol. The van der Waals surface area contributed by atoms with Crippen LogP contribution in [0.25, 0.3) is 0 Å². The summed E-state index contributed by atoms with van der Waals surface area (Å²) in [7, 11) is 4.06. The Morgan fingerprint density at radius 1 is 1.50 bits per heavy atom. The van der Waals surface area contributed by atoms with Crippen molar-refractivity contribution in [3.05, 3.63) is 0 Å². The van der Waals surface area contributed by atoms with Crippen LogP contribution in [0.1, 0.15) is 13.8 Å². The van der Waals surface area contributed by atoms with Gasteiger partial charge in [-0.2, -0.15) is 0 Å². The van der Waals surface area contributed by atoms with E-state index in [4.69, 9.17) is 0 Å². The Bertz CT molecular complexity index is 52.5. The van der Waals surface area contributed by atoms with E-state index in [9.17, 15) is 0 Å². The summed E-state index contributed by atoms with van der Waals surface area (Å²) in [5.41, 5.74) is 0. The van der Waals surface area contributed by atoms with Gasteiger partial charge in [0.25, 0.3) is 0 Å². The molecule has 1 unspecified atom stereocenters. The standard InChI is InChI=1S/C6H15N2/c1-5-7-6(2)8(3)4/h6H,5H2,1-4H3. The van der Waals surface area contributed by atoms with Crippen LogP contribution in [0.4, 0.5) is 0 Å². The summed E-state index contributed by atoms with van der Waals surface area (Å²) >= 11 is 0. The van der Waals surface area contributed by atoms with Crippen molar-refractivity contribution in [1.82, 2.24) is 10.2 Å². The molecule has 0 aromatic heterocycles.